The van der Waals surface area contributed by atoms with Crippen LogP contribution in [0.4, 0.5) is 14.5 Å². The van der Waals surface area contributed by atoms with Gasteiger partial charge in [0, 0.05) is 12.0 Å². The van der Waals surface area contributed by atoms with Gasteiger partial charge < -0.3 is 10.5 Å². The van der Waals surface area contributed by atoms with E-state index < -0.39 is 17.6 Å². The molecule has 108 valence electrons. The van der Waals surface area contributed by atoms with Crippen LogP contribution in [0.1, 0.15) is 27.4 Å². The van der Waals surface area contributed by atoms with Gasteiger partial charge in [0.25, 0.3) is 0 Å². The molecular weight excluding hydrogens is 276 g/mol. The van der Waals surface area contributed by atoms with E-state index in [9.17, 15) is 13.6 Å². The summed E-state index contributed by atoms with van der Waals surface area (Å²) in [4.78, 5) is 11.8. The van der Waals surface area contributed by atoms with Crippen LogP contribution in [-0.4, -0.2) is 12.6 Å². The SMILES string of the molecule is Nc1cc(C(=O)OCC2Cc3ccccc32)c(F)cc1F. The van der Waals surface area contributed by atoms with Crippen LogP contribution in [-0.2, 0) is 11.2 Å². The molecule has 1 unspecified atom stereocenters. The molecule has 0 fully saturated rings. The van der Waals surface area contributed by atoms with Gasteiger partial charge in [0.2, 0.25) is 0 Å². The van der Waals surface area contributed by atoms with Crippen molar-refractivity contribution in [2.75, 3.05) is 12.3 Å². The summed E-state index contributed by atoms with van der Waals surface area (Å²) in [6.45, 7) is 0.173. The summed E-state index contributed by atoms with van der Waals surface area (Å²) in [6, 6.07) is 9.43. The van der Waals surface area contributed by atoms with Gasteiger partial charge in [0.1, 0.15) is 11.6 Å². The zero-order valence-electron chi connectivity index (χ0n) is 11.1. The molecule has 1 aliphatic rings. The molecule has 2 aromatic carbocycles. The molecule has 0 aliphatic heterocycles. The van der Waals surface area contributed by atoms with E-state index in [0.717, 1.165) is 18.1 Å². The lowest BCUT2D eigenvalue weighted by Crippen LogP contribution is -2.23. The normalized spacial score (nSPS) is 16.0. The highest BCUT2D eigenvalue weighted by molar-refractivity contribution is 5.90. The molecule has 0 aromatic heterocycles. The number of halogens is 2. The van der Waals surface area contributed by atoms with Gasteiger partial charge in [0.05, 0.1) is 17.9 Å². The average molecular weight is 289 g/mol. The maximum Gasteiger partial charge on any atom is 0.341 e. The summed E-state index contributed by atoms with van der Waals surface area (Å²) in [5.74, 6) is -2.56. The van der Waals surface area contributed by atoms with Gasteiger partial charge >= 0.3 is 5.97 Å². The molecule has 5 heteroatoms. The van der Waals surface area contributed by atoms with E-state index in [0.29, 0.717) is 6.07 Å². The van der Waals surface area contributed by atoms with E-state index >= 15 is 0 Å². The number of nitrogens with two attached hydrogens (primary N) is 1. The number of anilines is 1. The molecule has 0 saturated heterocycles. The van der Waals surface area contributed by atoms with Crippen LogP contribution < -0.4 is 5.73 Å². The van der Waals surface area contributed by atoms with Crippen LogP contribution in [0.15, 0.2) is 36.4 Å². The molecule has 2 aromatic rings. The van der Waals surface area contributed by atoms with Gasteiger partial charge in [-0.15, -0.1) is 0 Å². The van der Waals surface area contributed by atoms with E-state index in [1.54, 1.807) is 0 Å². The predicted octanol–water partition coefficient (Wildman–Crippen LogP) is 3.04. The summed E-state index contributed by atoms with van der Waals surface area (Å²) in [6.07, 6.45) is 0.831. The first kappa shape index (κ1) is 13.5. The Morgan fingerprint density at radius 3 is 2.76 bits per heavy atom. The van der Waals surface area contributed by atoms with Gasteiger partial charge in [-0.05, 0) is 23.6 Å². The van der Waals surface area contributed by atoms with E-state index in [4.69, 9.17) is 10.5 Å². The van der Waals surface area contributed by atoms with Crippen molar-refractivity contribution in [3.05, 3.63) is 64.7 Å². The monoisotopic (exact) mass is 289 g/mol. The van der Waals surface area contributed by atoms with E-state index in [1.807, 2.05) is 24.3 Å². The molecule has 21 heavy (non-hydrogen) atoms. The molecule has 0 radical (unpaired) electrons. The third kappa shape index (κ3) is 2.46. The van der Waals surface area contributed by atoms with E-state index in [2.05, 4.69) is 0 Å². The van der Waals surface area contributed by atoms with Crippen molar-refractivity contribution in [3.63, 3.8) is 0 Å². The quantitative estimate of drug-likeness (QED) is 0.698. The van der Waals surface area contributed by atoms with Crippen molar-refractivity contribution in [2.45, 2.75) is 12.3 Å². The molecule has 0 saturated carbocycles. The van der Waals surface area contributed by atoms with Crippen molar-refractivity contribution in [1.29, 1.82) is 0 Å². The number of nitrogen functional groups attached to an aromatic ring is 1. The second-order valence-corrected chi connectivity index (χ2v) is 5.05. The topological polar surface area (TPSA) is 52.3 Å². The zero-order chi connectivity index (χ0) is 15.0. The lowest BCUT2D eigenvalue weighted by atomic mass is 9.78. The minimum atomic E-state index is -0.972. The third-order valence-electron chi connectivity index (χ3n) is 3.68. The first-order chi connectivity index (χ1) is 10.1. The second kappa shape index (κ2) is 5.16. The second-order valence-electron chi connectivity index (χ2n) is 5.05. The van der Waals surface area contributed by atoms with Crippen molar-refractivity contribution < 1.29 is 18.3 Å². The molecule has 2 N–H and O–H groups in total. The van der Waals surface area contributed by atoms with Gasteiger partial charge in [-0.2, -0.15) is 0 Å². The van der Waals surface area contributed by atoms with Crippen molar-refractivity contribution in [1.82, 2.24) is 0 Å². The van der Waals surface area contributed by atoms with Crippen LogP contribution in [0.2, 0.25) is 0 Å². The van der Waals surface area contributed by atoms with Gasteiger partial charge in [0.15, 0.2) is 0 Å². The largest absolute Gasteiger partial charge is 0.461 e. The zero-order valence-corrected chi connectivity index (χ0v) is 11.1. The minimum absolute atomic E-state index is 0.131. The Bertz CT molecular complexity index is 715. The molecule has 0 amide bonds. The molecular formula is C16H13F2NO2. The molecule has 0 spiro atoms. The highest BCUT2D eigenvalue weighted by Crippen LogP contribution is 2.35. The number of rotatable bonds is 3. The number of carbonyl (C=O) groups is 1. The summed E-state index contributed by atoms with van der Waals surface area (Å²) in [5.41, 5.74) is 7.08. The average Bonchev–Trinajstić information content (AvgIpc) is 2.43. The lowest BCUT2D eigenvalue weighted by Gasteiger charge is -2.29. The first-order valence-corrected chi connectivity index (χ1v) is 6.55. The van der Waals surface area contributed by atoms with Crippen LogP contribution in [0, 0.1) is 11.6 Å². The molecule has 1 atom stereocenters. The molecule has 3 rings (SSSR count). The van der Waals surface area contributed by atoms with Gasteiger partial charge in [-0.25, -0.2) is 13.6 Å². The fourth-order valence-corrected chi connectivity index (χ4v) is 2.49. The van der Waals surface area contributed by atoms with Crippen LogP contribution in [0.3, 0.4) is 0 Å². The Morgan fingerprint density at radius 2 is 2.00 bits per heavy atom. The lowest BCUT2D eigenvalue weighted by molar-refractivity contribution is 0.0464. The van der Waals surface area contributed by atoms with Crippen LogP contribution in [0.5, 0.6) is 0 Å². The summed E-state index contributed by atoms with van der Waals surface area (Å²) in [5, 5.41) is 0. The Morgan fingerprint density at radius 1 is 1.24 bits per heavy atom. The van der Waals surface area contributed by atoms with Crippen molar-refractivity contribution in [3.8, 4) is 0 Å². The number of carbonyl (C=O) groups excluding carboxylic acids is 1. The van der Waals surface area contributed by atoms with Crippen LogP contribution >= 0.6 is 0 Å². The summed E-state index contributed by atoms with van der Waals surface area (Å²) < 4.78 is 31.7. The first-order valence-electron chi connectivity index (χ1n) is 6.55. The smallest absolute Gasteiger partial charge is 0.341 e. The van der Waals surface area contributed by atoms with Gasteiger partial charge in [-0.1, -0.05) is 24.3 Å². The number of esters is 1. The highest BCUT2D eigenvalue weighted by Gasteiger charge is 2.27. The maximum absolute atomic E-state index is 13.5. The Hall–Kier alpha value is -2.43. The van der Waals surface area contributed by atoms with E-state index in [1.165, 1.54) is 5.56 Å². The molecule has 1 aliphatic carbocycles. The van der Waals surface area contributed by atoms with Crippen molar-refractivity contribution >= 4 is 11.7 Å². The third-order valence-corrected chi connectivity index (χ3v) is 3.68. The predicted molar refractivity (Wildman–Crippen MR) is 73.9 cm³/mol. The van der Waals surface area contributed by atoms with Crippen LogP contribution in [0.25, 0.3) is 0 Å². The Labute approximate surface area is 120 Å². The number of fused-ring (bicyclic) bond motifs is 1. The number of ether oxygens (including phenoxy) is 1. The fourth-order valence-electron chi connectivity index (χ4n) is 2.49. The summed E-state index contributed by atoms with van der Waals surface area (Å²) >= 11 is 0. The van der Waals surface area contributed by atoms with E-state index in [-0.39, 0.29) is 23.8 Å². The Kier molecular flexibility index (Phi) is 3.33. The highest BCUT2D eigenvalue weighted by atomic mass is 19.1. The van der Waals surface area contributed by atoms with Gasteiger partial charge in [-0.3, -0.25) is 0 Å². The number of benzene rings is 2. The molecule has 0 heterocycles. The number of hydrogen-bond acceptors (Lipinski definition) is 3. The summed E-state index contributed by atoms with van der Waals surface area (Å²) in [7, 11) is 0. The number of hydrogen-bond donors (Lipinski definition) is 1. The standard InChI is InChI=1S/C16H13F2NO2/c17-13-7-14(18)15(19)6-12(13)16(20)21-8-10-5-9-3-1-2-4-11(9)10/h1-4,6-7,10H,5,8,19H2. The Balaban J connectivity index is 1.67. The fraction of sp³-hybridized carbons (Fsp3) is 0.188. The van der Waals surface area contributed by atoms with Crippen molar-refractivity contribution in [2.24, 2.45) is 0 Å². The molecule has 3 nitrogen and oxygen atoms in total. The maximum atomic E-state index is 13.5. The molecule has 0 bridgehead atoms. The minimum Gasteiger partial charge on any atom is -0.461 e.